The summed E-state index contributed by atoms with van der Waals surface area (Å²) in [5.41, 5.74) is 1.21. The predicted molar refractivity (Wildman–Crippen MR) is 103 cm³/mol. The van der Waals surface area contributed by atoms with E-state index in [9.17, 15) is 13.2 Å². The molecule has 0 bridgehead atoms. The van der Waals surface area contributed by atoms with Crippen LogP contribution < -0.4 is 16.0 Å². The highest BCUT2D eigenvalue weighted by Gasteiger charge is 2.23. The van der Waals surface area contributed by atoms with Gasteiger partial charge in [-0.25, -0.2) is 12.7 Å². The van der Waals surface area contributed by atoms with Crippen molar-refractivity contribution in [2.45, 2.75) is 24.7 Å². The number of anilines is 2. The molecule has 142 valence electrons. The normalized spacial score (nSPS) is 17.7. The number of carbonyl (C=O) groups excluding carboxylic acids is 1. The van der Waals surface area contributed by atoms with E-state index in [-0.39, 0.29) is 29.1 Å². The van der Waals surface area contributed by atoms with Gasteiger partial charge in [-0.15, -0.1) is 12.4 Å². The highest BCUT2D eigenvalue weighted by Crippen LogP contribution is 2.27. The number of benzene rings is 1. The fraction of sp³-hybridized carbons (Fsp3) is 0.562. The molecule has 0 aliphatic carbocycles. The van der Waals surface area contributed by atoms with Crippen LogP contribution in [0.15, 0.2) is 23.1 Å². The summed E-state index contributed by atoms with van der Waals surface area (Å²) in [5.74, 6) is -0.178. The summed E-state index contributed by atoms with van der Waals surface area (Å²) in [5, 5.41) is 9.26. The summed E-state index contributed by atoms with van der Waals surface area (Å²) in [6, 6.07) is 4.75. The van der Waals surface area contributed by atoms with Crippen molar-refractivity contribution in [2.75, 3.05) is 44.4 Å². The molecule has 1 atom stereocenters. The van der Waals surface area contributed by atoms with Crippen LogP contribution in [0.25, 0.3) is 0 Å². The Morgan fingerprint density at radius 1 is 1.32 bits per heavy atom. The van der Waals surface area contributed by atoms with Crippen LogP contribution in [0.2, 0.25) is 0 Å². The quantitative estimate of drug-likeness (QED) is 0.688. The number of amides is 1. The summed E-state index contributed by atoms with van der Waals surface area (Å²) in [4.78, 5) is 12.6. The van der Waals surface area contributed by atoms with E-state index in [1.54, 1.807) is 12.1 Å². The zero-order valence-corrected chi connectivity index (χ0v) is 16.5. The molecule has 2 rings (SSSR count). The lowest BCUT2D eigenvalue weighted by Crippen LogP contribution is -2.37. The zero-order valence-electron chi connectivity index (χ0n) is 14.8. The highest BCUT2D eigenvalue weighted by molar-refractivity contribution is 7.89. The van der Waals surface area contributed by atoms with Gasteiger partial charge < -0.3 is 16.0 Å². The third kappa shape index (κ3) is 5.31. The average molecular weight is 391 g/mol. The Labute approximate surface area is 156 Å². The van der Waals surface area contributed by atoms with Crippen LogP contribution in [-0.2, 0) is 14.8 Å². The lowest BCUT2D eigenvalue weighted by atomic mass is 9.99. The first-order chi connectivity index (χ1) is 11.4. The van der Waals surface area contributed by atoms with E-state index in [2.05, 4.69) is 16.0 Å². The van der Waals surface area contributed by atoms with Crippen LogP contribution in [0.1, 0.15) is 19.8 Å². The third-order valence-corrected chi connectivity index (χ3v) is 5.87. The summed E-state index contributed by atoms with van der Waals surface area (Å²) in [6.45, 7) is 4.20. The van der Waals surface area contributed by atoms with E-state index in [0.717, 1.165) is 23.7 Å². The molecule has 1 fully saturated rings. The van der Waals surface area contributed by atoms with Gasteiger partial charge in [0, 0.05) is 27.2 Å². The molecule has 0 spiro atoms. The number of hydrogen-bond acceptors (Lipinski definition) is 5. The molecule has 7 nitrogen and oxygen atoms in total. The van der Waals surface area contributed by atoms with Crippen molar-refractivity contribution >= 4 is 39.7 Å². The Hall–Kier alpha value is -1.35. The second-order valence-corrected chi connectivity index (χ2v) is 8.21. The fourth-order valence-electron chi connectivity index (χ4n) is 2.65. The molecule has 3 N–H and O–H groups in total. The van der Waals surface area contributed by atoms with Crippen molar-refractivity contribution < 1.29 is 13.2 Å². The first-order valence-corrected chi connectivity index (χ1v) is 9.62. The highest BCUT2D eigenvalue weighted by atomic mass is 35.5. The van der Waals surface area contributed by atoms with Gasteiger partial charge in [-0.05, 0) is 44.5 Å². The van der Waals surface area contributed by atoms with E-state index in [0.29, 0.717) is 24.5 Å². The number of piperidine rings is 1. The predicted octanol–water partition coefficient (Wildman–Crippen LogP) is 1.73. The van der Waals surface area contributed by atoms with Crippen molar-refractivity contribution in [3.63, 3.8) is 0 Å². The van der Waals surface area contributed by atoms with E-state index < -0.39 is 10.0 Å². The largest absolute Gasteiger partial charge is 0.384 e. The van der Waals surface area contributed by atoms with Gasteiger partial charge in [-0.2, -0.15) is 0 Å². The summed E-state index contributed by atoms with van der Waals surface area (Å²) < 4.78 is 25.8. The van der Waals surface area contributed by atoms with Gasteiger partial charge in [0.1, 0.15) is 0 Å². The number of halogens is 1. The lowest BCUT2D eigenvalue weighted by molar-refractivity contribution is -0.120. The van der Waals surface area contributed by atoms with Gasteiger partial charge in [0.15, 0.2) is 0 Å². The van der Waals surface area contributed by atoms with E-state index in [4.69, 9.17) is 0 Å². The van der Waals surface area contributed by atoms with E-state index >= 15 is 0 Å². The second-order valence-electron chi connectivity index (χ2n) is 6.06. The average Bonchev–Trinajstić information content (AvgIpc) is 2.57. The molecule has 1 unspecified atom stereocenters. The molecule has 1 aromatic rings. The molecule has 0 saturated carbocycles. The van der Waals surface area contributed by atoms with Crippen LogP contribution in [-0.4, -0.2) is 52.4 Å². The topological polar surface area (TPSA) is 90.5 Å². The second kappa shape index (κ2) is 9.38. The zero-order chi connectivity index (χ0) is 17.7. The molecule has 1 aliphatic heterocycles. The molecule has 9 heteroatoms. The molecule has 1 amide bonds. The fourth-order valence-corrected chi connectivity index (χ4v) is 3.58. The minimum absolute atomic E-state index is 0. The maximum Gasteiger partial charge on any atom is 0.242 e. The molecular formula is C16H27ClN4O3S. The Morgan fingerprint density at radius 2 is 2.04 bits per heavy atom. The summed E-state index contributed by atoms with van der Waals surface area (Å²) in [6.07, 6.45) is 1.80. The maximum absolute atomic E-state index is 12.5. The van der Waals surface area contributed by atoms with Crippen molar-refractivity contribution in [1.82, 2.24) is 9.62 Å². The first kappa shape index (κ1) is 21.7. The number of nitrogens with one attached hydrogen (secondary N) is 3. The number of sulfonamides is 1. The molecular weight excluding hydrogens is 364 g/mol. The van der Waals surface area contributed by atoms with Crippen molar-refractivity contribution in [1.29, 1.82) is 0 Å². The van der Waals surface area contributed by atoms with Crippen LogP contribution >= 0.6 is 12.4 Å². The monoisotopic (exact) mass is 390 g/mol. The smallest absolute Gasteiger partial charge is 0.242 e. The summed E-state index contributed by atoms with van der Waals surface area (Å²) in [7, 11) is -0.579. The molecule has 1 aliphatic rings. The maximum atomic E-state index is 12.5. The Morgan fingerprint density at radius 3 is 2.60 bits per heavy atom. The minimum atomic E-state index is -3.55. The number of nitrogens with zero attached hydrogens (tertiary/aromatic N) is 1. The molecule has 0 aromatic heterocycles. The van der Waals surface area contributed by atoms with Gasteiger partial charge >= 0.3 is 0 Å². The SMILES string of the molecule is CCNc1ccc(S(=O)(=O)N(C)C)cc1NC(=O)C1CCCNC1.Cl. The number of rotatable bonds is 6. The Balaban J connectivity index is 0.00000312. The van der Waals surface area contributed by atoms with Gasteiger partial charge in [0.25, 0.3) is 0 Å². The first-order valence-electron chi connectivity index (χ1n) is 8.18. The summed E-state index contributed by atoms with van der Waals surface area (Å²) >= 11 is 0. The molecule has 25 heavy (non-hydrogen) atoms. The molecule has 0 radical (unpaired) electrons. The minimum Gasteiger partial charge on any atom is -0.384 e. The van der Waals surface area contributed by atoms with Crippen LogP contribution in [0.4, 0.5) is 11.4 Å². The van der Waals surface area contributed by atoms with Crippen molar-refractivity contribution in [2.24, 2.45) is 5.92 Å². The molecule has 1 heterocycles. The number of carbonyl (C=O) groups is 1. The van der Waals surface area contributed by atoms with Crippen molar-refractivity contribution in [3.05, 3.63) is 18.2 Å². The van der Waals surface area contributed by atoms with E-state index in [1.165, 1.54) is 20.2 Å². The third-order valence-electron chi connectivity index (χ3n) is 4.06. The molecule has 1 aromatic carbocycles. The van der Waals surface area contributed by atoms with Crippen LogP contribution in [0.3, 0.4) is 0 Å². The van der Waals surface area contributed by atoms with Gasteiger partial charge in [-0.1, -0.05) is 0 Å². The van der Waals surface area contributed by atoms with Crippen LogP contribution in [0, 0.1) is 5.92 Å². The number of hydrogen-bond donors (Lipinski definition) is 3. The standard InChI is InChI=1S/C16H26N4O3S.ClH/c1-4-18-14-8-7-13(24(22,23)20(2)3)10-15(14)19-16(21)12-6-5-9-17-11-12;/h7-8,10,12,17-18H,4-6,9,11H2,1-3H3,(H,19,21);1H. The van der Waals surface area contributed by atoms with Gasteiger partial charge in [0.2, 0.25) is 15.9 Å². The Kier molecular flexibility index (Phi) is 8.14. The lowest BCUT2D eigenvalue weighted by Gasteiger charge is -2.23. The molecule has 1 saturated heterocycles. The van der Waals surface area contributed by atoms with Gasteiger partial charge in [0.05, 0.1) is 22.2 Å². The Bertz CT molecular complexity index is 689. The van der Waals surface area contributed by atoms with E-state index in [1.807, 2.05) is 6.92 Å². The van der Waals surface area contributed by atoms with Crippen molar-refractivity contribution in [3.8, 4) is 0 Å². The van der Waals surface area contributed by atoms with Crippen LogP contribution in [0.5, 0.6) is 0 Å². The van der Waals surface area contributed by atoms with Gasteiger partial charge in [-0.3, -0.25) is 4.79 Å².